The van der Waals surface area contributed by atoms with Crippen LogP contribution in [0.2, 0.25) is 6.32 Å². The number of H-pyrrole nitrogens is 1. The van der Waals surface area contributed by atoms with E-state index in [1.807, 2.05) is 25.9 Å². The van der Waals surface area contributed by atoms with E-state index < -0.39 is 19.1 Å². The molecule has 164 valence electrons. The third-order valence-corrected chi connectivity index (χ3v) is 5.55. The fourth-order valence-electron chi connectivity index (χ4n) is 3.97. The van der Waals surface area contributed by atoms with E-state index in [4.69, 9.17) is 9.39 Å². The van der Waals surface area contributed by atoms with E-state index >= 15 is 0 Å². The lowest BCUT2D eigenvalue weighted by Gasteiger charge is -2.41. The van der Waals surface area contributed by atoms with Crippen molar-refractivity contribution in [2.24, 2.45) is 0 Å². The Hall–Kier alpha value is -3.05. The fraction of sp³-hybridized carbons (Fsp3) is 0.450. The second-order valence-electron chi connectivity index (χ2n) is 8.12. The molecule has 3 heterocycles. The van der Waals surface area contributed by atoms with Crippen molar-refractivity contribution in [3.05, 3.63) is 41.0 Å². The van der Waals surface area contributed by atoms with E-state index in [1.165, 1.54) is 0 Å². The molecule has 31 heavy (non-hydrogen) atoms. The van der Waals surface area contributed by atoms with Gasteiger partial charge in [0, 0.05) is 0 Å². The number of fused-ring (bicyclic) bond motifs is 1. The summed E-state index contributed by atoms with van der Waals surface area (Å²) in [7, 11) is 2.62. The monoisotopic (exact) mass is 428 g/mol. The number of nitrogens with one attached hydrogen (secondary N) is 1. The highest BCUT2D eigenvalue weighted by Gasteiger charge is 2.39. The molecule has 0 radical (unpaired) electrons. The van der Waals surface area contributed by atoms with E-state index in [2.05, 4.69) is 9.97 Å². The number of nitrogens with zero attached hydrogens (tertiary/aromatic N) is 3. The molecule has 4 rings (SSSR count). The van der Waals surface area contributed by atoms with Gasteiger partial charge in [-0.2, -0.15) is 0 Å². The summed E-state index contributed by atoms with van der Waals surface area (Å²) in [6.45, 7) is 2.52. The van der Waals surface area contributed by atoms with Crippen LogP contribution in [0.1, 0.15) is 33.5 Å². The van der Waals surface area contributed by atoms with Crippen LogP contribution in [0.3, 0.4) is 0 Å². The highest BCUT2D eigenvalue weighted by molar-refractivity contribution is 6.44. The quantitative estimate of drug-likeness (QED) is 0.575. The number of hydrogen-bond acceptors (Lipinski definition) is 7. The molecule has 1 atom stereocenters. The summed E-state index contributed by atoms with van der Waals surface area (Å²) in [5, 5.41) is 19.5. The molecule has 0 bridgehead atoms. The van der Waals surface area contributed by atoms with Crippen molar-refractivity contribution in [3.63, 3.8) is 0 Å². The summed E-state index contributed by atoms with van der Waals surface area (Å²) in [4.78, 5) is 35.7. The number of aryl methyl sites for hydroxylation is 2. The maximum absolute atomic E-state index is 13.0. The summed E-state index contributed by atoms with van der Waals surface area (Å²) in [5.74, 6) is -0.205. The molecule has 0 spiro atoms. The number of carboxylic acids is 1. The van der Waals surface area contributed by atoms with Crippen molar-refractivity contribution in [2.45, 2.75) is 31.8 Å². The molecular formula is C20H25BN4O6. The van der Waals surface area contributed by atoms with Crippen LogP contribution in [-0.4, -0.2) is 82.2 Å². The largest absolute Gasteiger partial charge is 0.535 e. The van der Waals surface area contributed by atoms with E-state index in [-0.39, 0.29) is 29.1 Å². The Morgan fingerprint density at radius 3 is 2.74 bits per heavy atom. The summed E-state index contributed by atoms with van der Waals surface area (Å²) >= 11 is 0. The number of aromatic carboxylic acids is 1. The molecule has 2 aromatic rings. The van der Waals surface area contributed by atoms with Gasteiger partial charge < -0.3 is 29.4 Å². The predicted octanol–water partition coefficient (Wildman–Crippen LogP) is 0.724. The lowest BCUT2D eigenvalue weighted by Crippen LogP contribution is -2.58. The molecular weight excluding hydrogens is 403 g/mol. The van der Waals surface area contributed by atoms with Gasteiger partial charge in [0.1, 0.15) is 35.0 Å². The van der Waals surface area contributed by atoms with Gasteiger partial charge in [0.15, 0.2) is 0 Å². The highest BCUT2D eigenvalue weighted by Crippen LogP contribution is 2.37. The van der Waals surface area contributed by atoms with Crippen molar-refractivity contribution in [1.29, 1.82) is 0 Å². The summed E-state index contributed by atoms with van der Waals surface area (Å²) in [6.07, 6.45) is 2.27. The first-order valence-corrected chi connectivity index (χ1v) is 10.1. The number of likely N-dealkylation sites (tertiary alicyclic amines) is 1. The summed E-state index contributed by atoms with van der Waals surface area (Å²) in [6, 6.07) is 2.88. The molecule has 1 saturated heterocycles. The van der Waals surface area contributed by atoms with E-state index in [0.717, 1.165) is 17.1 Å². The van der Waals surface area contributed by atoms with E-state index in [9.17, 15) is 19.7 Å². The van der Waals surface area contributed by atoms with Crippen LogP contribution in [0.5, 0.6) is 11.5 Å². The Balaban J connectivity index is 1.46. The Kier molecular flexibility index (Phi) is 5.63. The Labute approximate surface area is 179 Å². The molecule has 2 aliphatic rings. The maximum atomic E-state index is 13.0. The van der Waals surface area contributed by atoms with Gasteiger partial charge in [0.2, 0.25) is 5.91 Å². The number of hydrogen-bond donors (Lipinski definition) is 3. The fourth-order valence-corrected chi connectivity index (χ4v) is 3.97. The normalized spacial score (nSPS) is 17.1. The number of carboxylic acid groups (broad SMARTS) is 1. The van der Waals surface area contributed by atoms with Crippen molar-refractivity contribution in [3.8, 4) is 11.5 Å². The van der Waals surface area contributed by atoms with Crippen molar-refractivity contribution >= 4 is 19.0 Å². The molecule has 2 aliphatic heterocycles. The topological polar surface area (TPSA) is 128 Å². The molecule has 10 nitrogen and oxygen atoms in total. The van der Waals surface area contributed by atoms with Gasteiger partial charge in [-0.15, -0.1) is 0 Å². The second kappa shape index (κ2) is 8.24. The summed E-state index contributed by atoms with van der Waals surface area (Å²) in [5.41, 5.74) is 1.35. The van der Waals surface area contributed by atoms with Crippen LogP contribution in [0.4, 0.5) is 0 Å². The van der Waals surface area contributed by atoms with Crippen LogP contribution in [0.15, 0.2) is 18.3 Å². The SMILES string of the molecule is Cc1ncc(C(C(=O)N2CC(Oc3ccc4c(c3C(=O)O)OB(O)CC4)C2)N(C)C)[nH]1. The lowest BCUT2D eigenvalue weighted by molar-refractivity contribution is -0.145. The zero-order valence-electron chi connectivity index (χ0n) is 17.7. The van der Waals surface area contributed by atoms with Crippen LogP contribution in [0, 0.1) is 6.92 Å². The third kappa shape index (κ3) is 4.10. The molecule has 0 aliphatic carbocycles. The third-order valence-electron chi connectivity index (χ3n) is 5.55. The Morgan fingerprint density at radius 2 is 2.13 bits per heavy atom. The highest BCUT2D eigenvalue weighted by atomic mass is 16.5. The number of ether oxygens (including phenoxy) is 1. The van der Waals surface area contributed by atoms with Crippen LogP contribution in [-0.2, 0) is 11.2 Å². The number of carbonyl (C=O) groups excluding carboxylic acids is 1. The minimum atomic E-state index is -1.18. The number of aromatic amines is 1. The Bertz CT molecular complexity index is 1000. The molecule has 3 N–H and O–H groups in total. The zero-order valence-corrected chi connectivity index (χ0v) is 17.7. The molecule has 1 aromatic heterocycles. The zero-order chi connectivity index (χ0) is 22.3. The van der Waals surface area contributed by atoms with E-state index in [0.29, 0.717) is 25.8 Å². The lowest BCUT2D eigenvalue weighted by atomic mass is 9.78. The van der Waals surface area contributed by atoms with Gasteiger partial charge in [-0.3, -0.25) is 9.69 Å². The van der Waals surface area contributed by atoms with Gasteiger partial charge in [0.25, 0.3) is 0 Å². The first-order valence-electron chi connectivity index (χ1n) is 10.1. The second-order valence-corrected chi connectivity index (χ2v) is 8.12. The minimum Gasteiger partial charge on any atom is -0.535 e. The number of likely N-dealkylation sites (N-methyl/N-ethyl adjacent to an activating group) is 1. The number of imidazole rings is 1. The summed E-state index contributed by atoms with van der Waals surface area (Å²) < 4.78 is 11.3. The number of aromatic nitrogens is 2. The van der Waals surface area contributed by atoms with Gasteiger partial charge in [0.05, 0.1) is 25.0 Å². The average Bonchev–Trinajstić information content (AvgIpc) is 3.08. The Morgan fingerprint density at radius 1 is 1.39 bits per heavy atom. The van der Waals surface area contributed by atoms with Gasteiger partial charge >= 0.3 is 13.1 Å². The first kappa shape index (κ1) is 21.2. The van der Waals surface area contributed by atoms with Crippen LogP contribution < -0.4 is 9.39 Å². The first-order chi connectivity index (χ1) is 14.7. The number of amides is 1. The molecule has 1 aromatic carbocycles. The molecule has 0 saturated carbocycles. The van der Waals surface area contributed by atoms with Crippen molar-refractivity contribution < 1.29 is 29.1 Å². The molecule has 1 amide bonds. The minimum absolute atomic E-state index is 0.0798. The van der Waals surface area contributed by atoms with Crippen molar-refractivity contribution in [1.82, 2.24) is 19.8 Å². The molecule has 1 fully saturated rings. The van der Waals surface area contributed by atoms with Gasteiger partial charge in [-0.25, -0.2) is 9.78 Å². The van der Waals surface area contributed by atoms with Gasteiger partial charge in [-0.05, 0) is 45.4 Å². The van der Waals surface area contributed by atoms with Gasteiger partial charge in [-0.1, -0.05) is 6.07 Å². The van der Waals surface area contributed by atoms with E-state index in [1.54, 1.807) is 23.2 Å². The van der Waals surface area contributed by atoms with Crippen LogP contribution >= 0.6 is 0 Å². The number of benzene rings is 1. The average molecular weight is 428 g/mol. The maximum Gasteiger partial charge on any atom is 0.522 e. The number of rotatable bonds is 6. The smallest absolute Gasteiger partial charge is 0.522 e. The standard InChI is InChI=1S/C20H25BN4O6/c1-11-22-8-14(23-11)17(24(2)3)19(26)25-9-13(10-25)30-15-5-4-12-6-7-21(29)31-18(12)16(15)20(27)28/h4-5,8,13,17,29H,6-7,9-10H2,1-3H3,(H,22,23)(H,27,28). The molecule has 1 unspecified atom stereocenters. The van der Waals surface area contributed by atoms with Crippen molar-refractivity contribution in [2.75, 3.05) is 27.2 Å². The number of carbonyl (C=O) groups is 2. The molecule has 11 heteroatoms. The predicted molar refractivity (Wildman–Crippen MR) is 111 cm³/mol. The van der Waals surface area contributed by atoms with Crippen LogP contribution in [0.25, 0.3) is 0 Å².